The number of carbonyl (C=O) groups excluding carboxylic acids is 2. The standard InChI is InChI=1S/C21H23N5O5/c1-13(2)31-15-10-8-14(9-11-15)19(28)26-20(22)24-21(25-26)23-16-6-4-5-7-17(16)30-12-18(27)29-3/h4-11,13H,12H2,1-3H3,(H3,22,23,24,25). The van der Waals surface area contributed by atoms with Crippen molar-refractivity contribution in [2.24, 2.45) is 0 Å². The minimum atomic E-state index is -0.517. The van der Waals surface area contributed by atoms with Crippen LogP contribution in [-0.2, 0) is 9.53 Å². The fourth-order valence-corrected chi connectivity index (χ4v) is 2.61. The summed E-state index contributed by atoms with van der Waals surface area (Å²) in [5.41, 5.74) is 6.76. The third-order valence-corrected chi connectivity index (χ3v) is 4.00. The fraction of sp³-hybridized carbons (Fsp3) is 0.238. The molecule has 0 aliphatic heterocycles. The van der Waals surface area contributed by atoms with Gasteiger partial charge in [-0.15, -0.1) is 5.10 Å². The smallest absolute Gasteiger partial charge is 0.343 e. The van der Waals surface area contributed by atoms with Gasteiger partial charge in [-0.1, -0.05) is 12.1 Å². The van der Waals surface area contributed by atoms with Crippen LogP contribution in [0.25, 0.3) is 0 Å². The number of nitrogen functional groups attached to an aromatic ring is 1. The number of methoxy groups -OCH3 is 1. The van der Waals surface area contributed by atoms with Crippen molar-refractivity contribution in [1.82, 2.24) is 14.8 Å². The van der Waals surface area contributed by atoms with E-state index in [1.165, 1.54) is 7.11 Å². The number of benzene rings is 2. The molecule has 0 radical (unpaired) electrons. The quantitative estimate of drug-likeness (QED) is 0.523. The lowest BCUT2D eigenvalue weighted by atomic mass is 10.2. The van der Waals surface area contributed by atoms with Gasteiger partial charge in [-0.2, -0.15) is 9.67 Å². The van der Waals surface area contributed by atoms with E-state index < -0.39 is 11.9 Å². The second-order valence-electron chi connectivity index (χ2n) is 6.69. The molecule has 0 spiro atoms. The van der Waals surface area contributed by atoms with Crippen LogP contribution in [0, 0.1) is 0 Å². The molecule has 0 aliphatic carbocycles. The molecule has 3 aromatic rings. The summed E-state index contributed by atoms with van der Waals surface area (Å²) in [7, 11) is 1.27. The summed E-state index contributed by atoms with van der Waals surface area (Å²) >= 11 is 0. The van der Waals surface area contributed by atoms with Crippen molar-refractivity contribution in [3.63, 3.8) is 0 Å². The van der Waals surface area contributed by atoms with Crippen molar-refractivity contribution in [2.45, 2.75) is 20.0 Å². The maximum absolute atomic E-state index is 12.8. The maximum atomic E-state index is 12.8. The van der Waals surface area contributed by atoms with Gasteiger partial charge in [0.1, 0.15) is 11.5 Å². The van der Waals surface area contributed by atoms with E-state index in [1.807, 2.05) is 13.8 Å². The summed E-state index contributed by atoms with van der Waals surface area (Å²) in [6.45, 7) is 3.58. The number of aromatic nitrogens is 3. The summed E-state index contributed by atoms with van der Waals surface area (Å²) in [5, 5.41) is 7.09. The number of hydrogen-bond acceptors (Lipinski definition) is 9. The molecule has 31 heavy (non-hydrogen) atoms. The summed E-state index contributed by atoms with van der Waals surface area (Å²) in [6.07, 6.45) is 0.0284. The zero-order valence-electron chi connectivity index (χ0n) is 17.4. The molecule has 10 heteroatoms. The number of esters is 1. The lowest BCUT2D eigenvalue weighted by Gasteiger charge is -2.10. The van der Waals surface area contributed by atoms with E-state index in [0.29, 0.717) is 22.7 Å². The van der Waals surface area contributed by atoms with E-state index in [4.69, 9.17) is 15.2 Å². The number of ether oxygens (including phenoxy) is 3. The van der Waals surface area contributed by atoms with Crippen molar-refractivity contribution in [3.05, 3.63) is 54.1 Å². The summed E-state index contributed by atoms with van der Waals surface area (Å²) in [5.74, 6) is 0.0999. The molecule has 0 saturated carbocycles. The number of nitrogens with zero attached hydrogens (tertiary/aromatic N) is 3. The lowest BCUT2D eigenvalue weighted by molar-refractivity contribution is -0.142. The van der Waals surface area contributed by atoms with Crippen molar-refractivity contribution < 1.29 is 23.8 Å². The molecule has 162 valence electrons. The van der Waals surface area contributed by atoms with Gasteiger partial charge < -0.3 is 25.3 Å². The molecule has 10 nitrogen and oxygen atoms in total. The molecule has 0 aliphatic rings. The number of rotatable bonds is 8. The summed E-state index contributed by atoms with van der Waals surface area (Å²) in [6, 6.07) is 13.5. The number of anilines is 3. The van der Waals surface area contributed by atoms with Gasteiger partial charge in [-0.05, 0) is 50.2 Å². The van der Waals surface area contributed by atoms with Crippen LogP contribution in [0.2, 0.25) is 0 Å². The average molecular weight is 425 g/mol. The third-order valence-electron chi connectivity index (χ3n) is 4.00. The molecule has 0 unspecified atom stereocenters. The highest BCUT2D eigenvalue weighted by Gasteiger charge is 2.17. The van der Waals surface area contributed by atoms with E-state index in [9.17, 15) is 9.59 Å². The second-order valence-corrected chi connectivity index (χ2v) is 6.69. The zero-order valence-corrected chi connectivity index (χ0v) is 17.4. The van der Waals surface area contributed by atoms with Crippen molar-refractivity contribution >= 4 is 29.5 Å². The van der Waals surface area contributed by atoms with Crippen molar-refractivity contribution in [1.29, 1.82) is 0 Å². The van der Waals surface area contributed by atoms with Gasteiger partial charge >= 0.3 is 5.97 Å². The van der Waals surface area contributed by atoms with Gasteiger partial charge in [0.25, 0.3) is 5.91 Å². The molecule has 0 atom stereocenters. The molecule has 0 amide bonds. The lowest BCUT2D eigenvalue weighted by Crippen LogP contribution is -2.16. The first-order valence-corrected chi connectivity index (χ1v) is 9.47. The van der Waals surface area contributed by atoms with Crippen LogP contribution in [0.4, 0.5) is 17.6 Å². The fourth-order valence-electron chi connectivity index (χ4n) is 2.61. The Hall–Kier alpha value is -4.08. The minimum absolute atomic E-state index is 0.0284. The SMILES string of the molecule is COC(=O)COc1ccccc1Nc1nc(N)n(C(=O)c2ccc(OC(C)C)cc2)n1. The molecule has 0 saturated heterocycles. The Balaban J connectivity index is 1.76. The van der Waals surface area contributed by atoms with Gasteiger partial charge in [-0.3, -0.25) is 4.79 Å². The maximum Gasteiger partial charge on any atom is 0.343 e. The molecule has 1 heterocycles. The van der Waals surface area contributed by atoms with Crippen LogP contribution in [0.3, 0.4) is 0 Å². The van der Waals surface area contributed by atoms with Gasteiger partial charge in [0.2, 0.25) is 11.9 Å². The highest BCUT2D eigenvalue weighted by molar-refractivity contribution is 5.97. The Morgan fingerprint density at radius 2 is 1.84 bits per heavy atom. The zero-order chi connectivity index (χ0) is 22.4. The Bertz CT molecular complexity index is 1060. The molecule has 0 fully saturated rings. The van der Waals surface area contributed by atoms with E-state index in [0.717, 1.165) is 4.68 Å². The molecule has 0 bridgehead atoms. The van der Waals surface area contributed by atoms with Gasteiger partial charge in [0, 0.05) is 5.56 Å². The normalized spacial score (nSPS) is 10.6. The first kappa shape index (κ1) is 21.6. The molecular formula is C21H23N5O5. The van der Waals surface area contributed by atoms with Gasteiger partial charge in [-0.25, -0.2) is 4.79 Å². The average Bonchev–Trinajstić information content (AvgIpc) is 3.12. The highest BCUT2D eigenvalue weighted by atomic mass is 16.6. The van der Waals surface area contributed by atoms with E-state index in [2.05, 4.69) is 20.1 Å². The molecule has 3 rings (SSSR count). The number of para-hydroxylation sites is 2. The Labute approximate surface area is 178 Å². The Morgan fingerprint density at radius 1 is 1.13 bits per heavy atom. The predicted octanol–water partition coefficient (Wildman–Crippen LogP) is 2.63. The predicted molar refractivity (Wildman–Crippen MR) is 114 cm³/mol. The van der Waals surface area contributed by atoms with Crippen LogP contribution in [-0.4, -0.2) is 46.5 Å². The first-order valence-electron chi connectivity index (χ1n) is 9.47. The Morgan fingerprint density at radius 3 is 2.52 bits per heavy atom. The number of nitrogens with two attached hydrogens (primary N) is 1. The van der Waals surface area contributed by atoms with Crippen LogP contribution in [0.1, 0.15) is 24.2 Å². The Kier molecular flexibility index (Phi) is 6.71. The van der Waals surface area contributed by atoms with Gasteiger partial charge in [0.05, 0.1) is 18.9 Å². The number of carbonyl (C=O) groups is 2. The topological polar surface area (TPSA) is 131 Å². The molecular weight excluding hydrogens is 402 g/mol. The molecule has 1 aromatic heterocycles. The first-order chi connectivity index (χ1) is 14.9. The van der Waals surface area contributed by atoms with Crippen molar-refractivity contribution in [2.75, 3.05) is 24.8 Å². The van der Waals surface area contributed by atoms with Gasteiger partial charge in [0.15, 0.2) is 6.61 Å². The minimum Gasteiger partial charge on any atom is -0.491 e. The summed E-state index contributed by atoms with van der Waals surface area (Å²) < 4.78 is 16.6. The number of nitrogens with one attached hydrogen (secondary N) is 1. The molecule has 3 N–H and O–H groups in total. The van der Waals surface area contributed by atoms with Crippen LogP contribution >= 0.6 is 0 Å². The largest absolute Gasteiger partial charge is 0.491 e. The van der Waals surface area contributed by atoms with Crippen LogP contribution in [0.5, 0.6) is 11.5 Å². The second kappa shape index (κ2) is 9.61. The van der Waals surface area contributed by atoms with E-state index in [-0.39, 0.29) is 24.6 Å². The third kappa shape index (κ3) is 5.50. The summed E-state index contributed by atoms with van der Waals surface area (Å²) in [4.78, 5) is 28.2. The highest BCUT2D eigenvalue weighted by Crippen LogP contribution is 2.26. The number of hydrogen-bond donors (Lipinski definition) is 2. The van der Waals surface area contributed by atoms with Crippen LogP contribution < -0.4 is 20.5 Å². The van der Waals surface area contributed by atoms with E-state index >= 15 is 0 Å². The molecule has 2 aromatic carbocycles. The van der Waals surface area contributed by atoms with Crippen molar-refractivity contribution in [3.8, 4) is 11.5 Å². The van der Waals surface area contributed by atoms with E-state index in [1.54, 1.807) is 48.5 Å². The van der Waals surface area contributed by atoms with Crippen LogP contribution in [0.15, 0.2) is 48.5 Å². The monoisotopic (exact) mass is 425 g/mol.